The number of anilines is 1. The first-order valence-corrected chi connectivity index (χ1v) is 9.52. The van der Waals surface area contributed by atoms with E-state index in [1.54, 1.807) is 0 Å². The molecular weight excluding hydrogens is 314 g/mol. The lowest BCUT2D eigenvalue weighted by atomic mass is 10.0. The van der Waals surface area contributed by atoms with Crippen LogP contribution in [0, 0.1) is 0 Å². The SMILES string of the molecule is O=C(CCCc1nc(C2CC2)no1)N1CCCCCc2ccccc21. The summed E-state index contributed by atoms with van der Waals surface area (Å²) in [5, 5.41) is 4.04. The second kappa shape index (κ2) is 7.38. The molecule has 0 saturated heterocycles. The van der Waals surface area contributed by atoms with Crippen molar-refractivity contribution in [3.8, 4) is 0 Å². The Labute approximate surface area is 148 Å². The van der Waals surface area contributed by atoms with Crippen LogP contribution in [0.2, 0.25) is 0 Å². The predicted molar refractivity (Wildman–Crippen MR) is 95.6 cm³/mol. The molecule has 0 atom stereocenters. The van der Waals surface area contributed by atoms with E-state index in [9.17, 15) is 4.79 Å². The van der Waals surface area contributed by atoms with Crippen molar-refractivity contribution in [2.45, 2.75) is 63.7 Å². The molecule has 1 saturated carbocycles. The highest BCUT2D eigenvalue weighted by Crippen LogP contribution is 2.38. The fraction of sp³-hybridized carbons (Fsp3) is 0.550. The van der Waals surface area contributed by atoms with Crippen LogP contribution in [-0.2, 0) is 17.6 Å². The minimum Gasteiger partial charge on any atom is -0.339 e. The van der Waals surface area contributed by atoms with E-state index >= 15 is 0 Å². The van der Waals surface area contributed by atoms with E-state index in [2.05, 4.69) is 28.3 Å². The number of fused-ring (bicyclic) bond motifs is 1. The standard InChI is InChI=1S/C20H25N3O2/c24-19(11-6-10-18-21-20(22-25-18)16-12-13-16)23-14-5-1-2-7-15-8-3-4-9-17(15)23/h3-4,8-9,16H,1-2,5-7,10-14H2. The Bertz CT molecular complexity index is 736. The van der Waals surface area contributed by atoms with E-state index in [1.807, 2.05) is 11.0 Å². The van der Waals surface area contributed by atoms with Gasteiger partial charge in [0.15, 0.2) is 5.82 Å². The zero-order chi connectivity index (χ0) is 17.1. The summed E-state index contributed by atoms with van der Waals surface area (Å²) >= 11 is 0. The predicted octanol–water partition coefficient (Wildman–Crippen LogP) is 4.03. The molecule has 5 heteroatoms. The first kappa shape index (κ1) is 16.3. The molecule has 4 rings (SSSR count). The summed E-state index contributed by atoms with van der Waals surface area (Å²) in [7, 11) is 0. The highest BCUT2D eigenvalue weighted by Gasteiger charge is 2.28. The molecule has 2 aromatic rings. The Morgan fingerprint density at radius 3 is 2.96 bits per heavy atom. The fourth-order valence-electron chi connectivity index (χ4n) is 3.53. The van der Waals surface area contributed by atoms with E-state index in [4.69, 9.17) is 4.52 Å². The number of carbonyl (C=O) groups is 1. The second-order valence-corrected chi connectivity index (χ2v) is 7.16. The molecule has 2 aliphatic rings. The van der Waals surface area contributed by atoms with Crippen molar-refractivity contribution in [1.29, 1.82) is 0 Å². The van der Waals surface area contributed by atoms with Gasteiger partial charge in [0.2, 0.25) is 11.8 Å². The van der Waals surface area contributed by atoms with Gasteiger partial charge in [0.05, 0.1) is 0 Å². The van der Waals surface area contributed by atoms with E-state index in [0.717, 1.165) is 37.3 Å². The third kappa shape index (κ3) is 3.91. The van der Waals surface area contributed by atoms with Crippen molar-refractivity contribution in [3.63, 3.8) is 0 Å². The number of hydrogen-bond acceptors (Lipinski definition) is 4. The van der Waals surface area contributed by atoms with Gasteiger partial charge in [-0.25, -0.2) is 0 Å². The molecular formula is C20H25N3O2. The Morgan fingerprint density at radius 1 is 1.20 bits per heavy atom. The normalized spacial score (nSPS) is 17.7. The molecule has 1 aliphatic carbocycles. The van der Waals surface area contributed by atoms with Gasteiger partial charge in [0.1, 0.15) is 0 Å². The molecule has 0 unspecified atom stereocenters. The summed E-state index contributed by atoms with van der Waals surface area (Å²) in [6, 6.07) is 8.33. The second-order valence-electron chi connectivity index (χ2n) is 7.16. The van der Waals surface area contributed by atoms with Crippen molar-refractivity contribution in [2.24, 2.45) is 0 Å². The maximum absolute atomic E-state index is 12.8. The van der Waals surface area contributed by atoms with E-state index in [1.165, 1.54) is 31.2 Å². The molecule has 0 radical (unpaired) electrons. The number of benzene rings is 1. The smallest absolute Gasteiger partial charge is 0.226 e. The summed E-state index contributed by atoms with van der Waals surface area (Å²) in [5.41, 5.74) is 2.39. The van der Waals surface area contributed by atoms with Gasteiger partial charge in [0.25, 0.3) is 0 Å². The van der Waals surface area contributed by atoms with Crippen LogP contribution in [0.5, 0.6) is 0 Å². The van der Waals surface area contributed by atoms with Crippen molar-refractivity contribution in [1.82, 2.24) is 10.1 Å². The van der Waals surface area contributed by atoms with Crippen molar-refractivity contribution in [3.05, 3.63) is 41.5 Å². The van der Waals surface area contributed by atoms with Gasteiger partial charge in [-0.15, -0.1) is 0 Å². The van der Waals surface area contributed by atoms with E-state index in [-0.39, 0.29) is 5.91 Å². The number of carbonyl (C=O) groups excluding carboxylic acids is 1. The zero-order valence-corrected chi connectivity index (χ0v) is 14.6. The van der Waals surface area contributed by atoms with Crippen molar-refractivity contribution >= 4 is 11.6 Å². The Balaban J connectivity index is 1.36. The summed E-state index contributed by atoms with van der Waals surface area (Å²) in [6.07, 6.45) is 8.84. The molecule has 0 spiro atoms. The number of rotatable bonds is 5. The zero-order valence-electron chi connectivity index (χ0n) is 14.6. The topological polar surface area (TPSA) is 59.2 Å². The number of amides is 1. The lowest BCUT2D eigenvalue weighted by Gasteiger charge is -2.27. The van der Waals surface area contributed by atoms with E-state index < -0.39 is 0 Å². The van der Waals surface area contributed by atoms with Gasteiger partial charge in [-0.3, -0.25) is 4.79 Å². The highest BCUT2D eigenvalue weighted by molar-refractivity contribution is 5.94. The number of para-hydroxylation sites is 1. The average molecular weight is 339 g/mol. The molecule has 1 fully saturated rings. The fourth-order valence-corrected chi connectivity index (χ4v) is 3.53. The monoisotopic (exact) mass is 339 g/mol. The van der Waals surface area contributed by atoms with Crippen LogP contribution in [0.4, 0.5) is 5.69 Å². The summed E-state index contributed by atoms with van der Waals surface area (Å²) < 4.78 is 5.30. The molecule has 132 valence electrons. The third-order valence-corrected chi connectivity index (χ3v) is 5.12. The maximum atomic E-state index is 12.8. The van der Waals surface area contributed by atoms with Gasteiger partial charge in [-0.2, -0.15) is 4.98 Å². The van der Waals surface area contributed by atoms with Crippen LogP contribution >= 0.6 is 0 Å². The van der Waals surface area contributed by atoms with Crippen molar-refractivity contribution < 1.29 is 9.32 Å². The maximum Gasteiger partial charge on any atom is 0.226 e. The molecule has 0 bridgehead atoms. The Hall–Kier alpha value is -2.17. The molecule has 0 N–H and O–H groups in total. The molecule has 25 heavy (non-hydrogen) atoms. The average Bonchev–Trinajstić information content (AvgIpc) is 3.35. The number of aryl methyl sites for hydroxylation is 2. The largest absolute Gasteiger partial charge is 0.339 e. The lowest BCUT2D eigenvalue weighted by Crippen LogP contribution is -2.33. The summed E-state index contributed by atoms with van der Waals surface area (Å²) in [4.78, 5) is 19.2. The molecule has 1 amide bonds. The van der Waals surface area contributed by atoms with Crippen LogP contribution in [0.15, 0.2) is 28.8 Å². The lowest BCUT2D eigenvalue weighted by molar-refractivity contribution is -0.118. The minimum absolute atomic E-state index is 0.205. The van der Waals surface area contributed by atoms with Crippen LogP contribution in [0.3, 0.4) is 0 Å². The van der Waals surface area contributed by atoms with Gasteiger partial charge >= 0.3 is 0 Å². The van der Waals surface area contributed by atoms with Gasteiger partial charge < -0.3 is 9.42 Å². The van der Waals surface area contributed by atoms with Gasteiger partial charge in [-0.1, -0.05) is 29.8 Å². The van der Waals surface area contributed by atoms with Crippen LogP contribution in [0.1, 0.15) is 68.1 Å². The molecule has 2 heterocycles. The third-order valence-electron chi connectivity index (χ3n) is 5.12. The van der Waals surface area contributed by atoms with Gasteiger partial charge in [0, 0.05) is 31.0 Å². The first-order valence-electron chi connectivity index (χ1n) is 9.52. The first-order chi connectivity index (χ1) is 12.3. The van der Waals surface area contributed by atoms with Crippen LogP contribution in [0.25, 0.3) is 0 Å². The minimum atomic E-state index is 0.205. The number of hydrogen-bond donors (Lipinski definition) is 0. The highest BCUT2D eigenvalue weighted by atomic mass is 16.5. The van der Waals surface area contributed by atoms with Crippen LogP contribution < -0.4 is 4.90 Å². The number of nitrogens with zero attached hydrogens (tertiary/aromatic N) is 3. The molecule has 5 nitrogen and oxygen atoms in total. The van der Waals surface area contributed by atoms with E-state index in [0.29, 0.717) is 24.7 Å². The summed E-state index contributed by atoms with van der Waals surface area (Å²) in [6.45, 7) is 0.822. The molecule has 1 aromatic heterocycles. The summed E-state index contributed by atoms with van der Waals surface area (Å²) in [5.74, 6) is 2.23. The molecule has 1 aromatic carbocycles. The van der Waals surface area contributed by atoms with Gasteiger partial charge in [-0.05, 0) is 50.2 Å². The number of aromatic nitrogens is 2. The Kier molecular flexibility index (Phi) is 4.81. The van der Waals surface area contributed by atoms with Crippen molar-refractivity contribution in [2.75, 3.05) is 11.4 Å². The molecule has 1 aliphatic heterocycles. The van der Waals surface area contributed by atoms with Crippen LogP contribution in [-0.4, -0.2) is 22.6 Å². The quantitative estimate of drug-likeness (QED) is 0.825. The Morgan fingerprint density at radius 2 is 2.08 bits per heavy atom.